The van der Waals surface area contributed by atoms with Gasteiger partial charge in [-0.15, -0.1) is 11.8 Å². The zero-order valence-electron chi connectivity index (χ0n) is 11.2. The highest BCUT2D eigenvalue weighted by Crippen LogP contribution is 2.43. The van der Waals surface area contributed by atoms with Crippen molar-refractivity contribution in [3.8, 4) is 22.8 Å². The average molecular weight is 295 g/mol. The number of methoxy groups -OCH3 is 2. The zero-order valence-corrected chi connectivity index (χ0v) is 12.0. The maximum Gasteiger partial charge on any atom is 0.358 e. The van der Waals surface area contributed by atoms with Crippen LogP contribution in [0.3, 0.4) is 0 Å². The van der Waals surface area contributed by atoms with Crippen LogP contribution in [0, 0.1) is 0 Å². The molecule has 0 saturated carbocycles. The monoisotopic (exact) mass is 295 g/mol. The third-order valence-electron chi connectivity index (χ3n) is 2.70. The lowest BCUT2D eigenvalue weighted by Gasteiger charge is -2.13. The number of rotatable bonds is 5. The normalized spacial score (nSPS) is 10.3. The summed E-state index contributed by atoms with van der Waals surface area (Å²) in [7, 11) is 3.10. The fraction of sp³-hybridized carbons (Fsp3) is 0.231. The predicted molar refractivity (Wildman–Crippen MR) is 73.8 cm³/mol. The molecule has 106 valence electrons. The van der Waals surface area contributed by atoms with E-state index in [4.69, 9.17) is 19.1 Å². The quantitative estimate of drug-likeness (QED) is 0.849. The summed E-state index contributed by atoms with van der Waals surface area (Å²) in [5.41, 5.74) is 0.567. The maximum absolute atomic E-state index is 10.9. The fourth-order valence-electron chi connectivity index (χ4n) is 1.80. The molecule has 0 fully saturated rings. The second-order valence-electron chi connectivity index (χ2n) is 3.76. The largest absolute Gasteiger partial charge is 0.493 e. The first-order valence-electron chi connectivity index (χ1n) is 5.61. The van der Waals surface area contributed by atoms with Gasteiger partial charge in [0.2, 0.25) is 0 Å². The first-order chi connectivity index (χ1) is 9.62. The fourth-order valence-corrected chi connectivity index (χ4v) is 2.56. The molecule has 1 N–H and O–H groups in total. The number of carboxylic acid groups (broad SMARTS) is 1. The molecule has 1 heterocycles. The summed E-state index contributed by atoms with van der Waals surface area (Å²) in [6, 6.07) is 4.89. The summed E-state index contributed by atoms with van der Waals surface area (Å²) in [5.74, 6) is 0.406. The van der Waals surface area contributed by atoms with Crippen LogP contribution >= 0.6 is 11.8 Å². The van der Waals surface area contributed by atoms with Crippen LogP contribution < -0.4 is 9.47 Å². The number of ether oxygens (including phenoxy) is 2. The molecular formula is C13H13NO5S. The second-order valence-corrected chi connectivity index (χ2v) is 4.58. The highest BCUT2D eigenvalue weighted by atomic mass is 32.2. The minimum absolute atomic E-state index is 0.137. The summed E-state index contributed by atoms with van der Waals surface area (Å²) in [4.78, 5) is 11.6. The van der Waals surface area contributed by atoms with Gasteiger partial charge < -0.3 is 19.1 Å². The molecular weight excluding hydrogens is 282 g/mol. The predicted octanol–water partition coefficient (Wildman–Crippen LogP) is 2.78. The van der Waals surface area contributed by atoms with Gasteiger partial charge in [0.1, 0.15) is 0 Å². The van der Waals surface area contributed by atoms with Crippen LogP contribution in [0.25, 0.3) is 11.3 Å². The van der Waals surface area contributed by atoms with E-state index in [0.717, 1.165) is 4.90 Å². The molecule has 2 aromatic rings. The van der Waals surface area contributed by atoms with Crippen LogP contribution in [-0.4, -0.2) is 36.7 Å². The van der Waals surface area contributed by atoms with Gasteiger partial charge in [-0.1, -0.05) is 5.16 Å². The van der Waals surface area contributed by atoms with E-state index in [1.165, 1.54) is 17.8 Å². The van der Waals surface area contributed by atoms with Crippen LogP contribution in [0.15, 0.2) is 27.6 Å². The Hall–Kier alpha value is -2.15. The van der Waals surface area contributed by atoms with E-state index in [2.05, 4.69) is 5.16 Å². The Balaban J connectivity index is 2.58. The Morgan fingerprint density at radius 3 is 2.60 bits per heavy atom. The number of carbonyl (C=O) groups is 1. The number of aromatic nitrogens is 1. The number of benzene rings is 1. The molecule has 0 aliphatic heterocycles. The Morgan fingerprint density at radius 1 is 1.35 bits per heavy atom. The molecule has 0 amide bonds. The molecule has 6 nitrogen and oxygen atoms in total. The molecule has 2 rings (SSSR count). The molecule has 0 radical (unpaired) electrons. The van der Waals surface area contributed by atoms with Gasteiger partial charge in [0.05, 0.1) is 19.1 Å². The Labute approximate surface area is 119 Å². The molecule has 0 aliphatic rings. The highest BCUT2D eigenvalue weighted by molar-refractivity contribution is 7.98. The van der Waals surface area contributed by atoms with Crippen molar-refractivity contribution in [1.29, 1.82) is 0 Å². The standard InChI is InChI=1S/C13H13NO5S/c1-17-9-5-4-7(12(20-3)11(9)18-2)10-6-8(13(15)16)14-19-10/h4-6H,1-3H3,(H,15,16). The second kappa shape index (κ2) is 5.87. The number of carboxylic acids is 1. The van der Waals surface area contributed by atoms with E-state index in [1.807, 2.05) is 6.26 Å². The maximum atomic E-state index is 10.9. The van der Waals surface area contributed by atoms with E-state index in [9.17, 15) is 4.79 Å². The Kier molecular flexibility index (Phi) is 4.19. The lowest BCUT2D eigenvalue weighted by molar-refractivity contribution is 0.0686. The molecule has 1 aromatic heterocycles. The number of nitrogens with zero attached hydrogens (tertiary/aromatic N) is 1. The van der Waals surface area contributed by atoms with Crippen molar-refractivity contribution in [2.75, 3.05) is 20.5 Å². The van der Waals surface area contributed by atoms with Crippen molar-refractivity contribution in [2.45, 2.75) is 4.90 Å². The molecule has 7 heteroatoms. The molecule has 20 heavy (non-hydrogen) atoms. The van der Waals surface area contributed by atoms with Gasteiger partial charge in [-0.3, -0.25) is 0 Å². The van der Waals surface area contributed by atoms with E-state index >= 15 is 0 Å². The molecule has 1 aromatic carbocycles. The number of aromatic carboxylic acids is 1. The lowest BCUT2D eigenvalue weighted by atomic mass is 10.1. The summed E-state index contributed by atoms with van der Waals surface area (Å²) in [6.45, 7) is 0. The van der Waals surface area contributed by atoms with Crippen molar-refractivity contribution in [2.24, 2.45) is 0 Å². The van der Waals surface area contributed by atoms with Crippen LogP contribution in [0.4, 0.5) is 0 Å². The number of hydrogen-bond acceptors (Lipinski definition) is 6. The number of thioether (sulfide) groups is 1. The van der Waals surface area contributed by atoms with Crippen molar-refractivity contribution in [3.63, 3.8) is 0 Å². The molecule has 0 unspecified atom stereocenters. The molecule has 0 aliphatic carbocycles. The van der Waals surface area contributed by atoms with Crippen LogP contribution in [0.2, 0.25) is 0 Å². The van der Waals surface area contributed by atoms with Crippen LogP contribution in [-0.2, 0) is 0 Å². The van der Waals surface area contributed by atoms with E-state index in [-0.39, 0.29) is 5.69 Å². The summed E-state index contributed by atoms with van der Waals surface area (Å²) >= 11 is 1.45. The summed E-state index contributed by atoms with van der Waals surface area (Å²) < 4.78 is 15.7. The lowest BCUT2D eigenvalue weighted by Crippen LogP contribution is -1.95. The molecule has 0 bridgehead atoms. The van der Waals surface area contributed by atoms with E-state index in [1.54, 1.807) is 26.4 Å². The zero-order chi connectivity index (χ0) is 14.7. The van der Waals surface area contributed by atoms with Gasteiger partial charge in [-0.05, 0) is 18.4 Å². The van der Waals surface area contributed by atoms with Gasteiger partial charge in [0.15, 0.2) is 23.0 Å². The van der Waals surface area contributed by atoms with Crippen molar-refractivity contribution >= 4 is 17.7 Å². The third kappa shape index (κ3) is 2.44. The van der Waals surface area contributed by atoms with Crippen molar-refractivity contribution < 1.29 is 23.9 Å². The van der Waals surface area contributed by atoms with Crippen LogP contribution in [0.5, 0.6) is 11.5 Å². The van der Waals surface area contributed by atoms with Crippen molar-refractivity contribution in [3.05, 3.63) is 23.9 Å². The van der Waals surface area contributed by atoms with Gasteiger partial charge in [-0.2, -0.15) is 0 Å². The first-order valence-corrected chi connectivity index (χ1v) is 6.84. The van der Waals surface area contributed by atoms with Crippen molar-refractivity contribution in [1.82, 2.24) is 5.16 Å². The first kappa shape index (κ1) is 14.3. The topological polar surface area (TPSA) is 81.8 Å². The SMILES string of the molecule is COc1ccc(-c2cc(C(=O)O)no2)c(SC)c1OC. The smallest absolute Gasteiger partial charge is 0.358 e. The number of hydrogen-bond donors (Lipinski definition) is 1. The minimum Gasteiger partial charge on any atom is -0.493 e. The molecule has 0 spiro atoms. The molecule has 0 saturated heterocycles. The average Bonchev–Trinajstić information content (AvgIpc) is 2.95. The minimum atomic E-state index is -1.13. The Bertz CT molecular complexity index is 638. The summed E-state index contributed by atoms with van der Waals surface area (Å²) in [6.07, 6.45) is 1.88. The summed E-state index contributed by atoms with van der Waals surface area (Å²) in [5, 5.41) is 12.4. The molecule has 0 atom stereocenters. The van der Waals surface area contributed by atoms with Crippen LogP contribution in [0.1, 0.15) is 10.5 Å². The van der Waals surface area contributed by atoms with Gasteiger partial charge >= 0.3 is 5.97 Å². The Morgan fingerprint density at radius 2 is 2.10 bits per heavy atom. The van der Waals surface area contributed by atoms with Gasteiger partial charge in [0, 0.05) is 11.6 Å². The van der Waals surface area contributed by atoms with E-state index in [0.29, 0.717) is 22.8 Å². The van der Waals surface area contributed by atoms with E-state index < -0.39 is 5.97 Å². The van der Waals surface area contributed by atoms with Gasteiger partial charge in [-0.25, -0.2) is 4.79 Å². The highest BCUT2D eigenvalue weighted by Gasteiger charge is 2.19. The van der Waals surface area contributed by atoms with Gasteiger partial charge in [0.25, 0.3) is 0 Å². The third-order valence-corrected chi connectivity index (χ3v) is 3.51.